The van der Waals surface area contributed by atoms with Crippen molar-refractivity contribution in [3.63, 3.8) is 0 Å². The third-order valence-electron chi connectivity index (χ3n) is 15.1. The Morgan fingerprint density at radius 1 is 0.262 bits per heavy atom. The fourth-order valence-electron chi connectivity index (χ4n) is 10.3. The Kier molecular flexibility index (Phi) is 62.4. The third kappa shape index (κ3) is 60.5. The van der Waals surface area contributed by atoms with E-state index in [-0.39, 0.29) is 64.6 Å². The van der Waals surface area contributed by atoms with Crippen LogP contribution in [-0.4, -0.2) is 234 Å². The average Bonchev–Trinajstić information content (AvgIpc) is 0.849. The maximum atomic E-state index is 13.0. The minimum absolute atomic E-state index is 0. The first-order chi connectivity index (χ1) is 59.2. The maximum Gasteiger partial charge on any atom is 0.243 e. The fraction of sp³-hybridized carbons (Fsp3) is 0.373. The lowest BCUT2D eigenvalue weighted by molar-refractivity contribution is -0.137. The van der Waals surface area contributed by atoms with Crippen LogP contribution >= 0.6 is 24.4 Å². The van der Waals surface area contributed by atoms with Crippen molar-refractivity contribution in [2.45, 2.75) is 164 Å². The van der Waals surface area contributed by atoms with E-state index in [9.17, 15) is 50.4 Å². The molecular weight excluding hydrogens is 1560 g/mol. The molecule has 2 amide bonds. The number of thiocarbonyl (C=S) groups is 2. The number of hydrogen-bond acceptors (Lipinski definition) is 16. The average molecular weight is 1650 g/mol. The molecule has 2 rings (SSSR count). The molecule has 0 spiro atoms. The first-order valence-electron chi connectivity index (χ1n) is 37.5. The highest BCUT2D eigenvalue weighted by molar-refractivity contribution is 7.81. The third-order valence-corrected chi connectivity index (χ3v) is 16.0. The van der Waals surface area contributed by atoms with Gasteiger partial charge in [-0.05, 0) is 401 Å². The molecule has 2 aliphatic rings. The van der Waals surface area contributed by atoms with Crippen molar-refractivity contribution in [3.05, 3.63) is 0 Å². The number of nitrogens with zero attached hydrogens (tertiary/aromatic N) is 4. The molecule has 12 N–H and O–H groups in total. The van der Waals surface area contributed by atoms with E-state index in [1.807, 2.05) is 14.7 Å². The number of carbonyl (C=O) groups is 2. The van der Waals surface area contributed by atoms with Crippen LogP contribution in [0.5, 0.6) is 0 Å². The number of rotatable bonds is 36. The van der Waals surface area contributed by atoms with Crippen LogP contribution in [0.2, 0.25) is 0 Å². The van der Waals surface area contributed by atoms with Crippen molar-refractivity contribution in [2.75, 3.05) is 78.5 Å². The summed E-state index contributed by atoms with van der Waals surface area (Å²) >= 11 is 11.4. The number of hydrogen-bond donors (Lipinski definition) is 12. The van der Waals surface area contributed by atoms with Crippen LogP contribution in [0.3, 0.4) is 0 Å². The minimum Gasteiger partial charge on any atom is -0.392 e. The lowest BCUT2D eigenvalue weighted by Gasteiger charge is -2.34. The molecule has 12 atom stereocenters. The molecule has 0 aromatic carbocycles. The molecule has 18 nitrogen and oxygen atoms in total. The van der Waals surface area contributed by atoms with E-state index in [4.69, 9.17) is 63.0 Å². The van der Waals surface area contributed by atoms with E-state index in [1.54, 1.807) is 18.7 Å². The van der Waals surface area contributed by atoms with Crippen molar-refractivity contribution < 1.29 is 51.9 Å². The summed E-state index contributed by atoms with van der Waals surface area (Å²) in [5.74, 6) is 132. The molecule has 20 heteroatoms. The number of unbranched alkanes of at least 4 members (excludes halogenated alkanes) is 4. The van der Waals surface area contributed by atoms with Crippen LogP contribution in [-0.2, 0) is 9.59 Å². The normalized spacial score (nSPS) is 14.2. The van der Waals surface area contributed by atoms with Crippen molar-refractivity contribution in [3.8, 4) is 358 Å². The van der Waals surface area contributed by atoms with E-state index >= 15 is 0 Å². The summed E-state index contributed by atoms with van der Waals surface area (Å²) in [6.45, 7) is 6.92. The molecular formula is C102H86N8O10S2. The predicted octanol–water partition coefficient (Wildman–Crippen LogP) is -1.52. The molecule has 0 saturated carbocycles. The number of carbonyl (C=O) groups excluding carboxylic acids is 2. The van der Waals surface area contributed by atoms with Crippen LogP contribution in [0.4, 0.5) is 0 Å². The van der Waals surface area contributed by atoms with Gasteiger partial charge in [0.15, 0.2) is 0 Å². The summed E-state index contributed by atoms with van der Waals surface area (Å²) in [5.41, 5.74) is 0. The summed E-state index contributed by atoms with van der Waals surface area (Å²) in [6.07, 6.45) is 30.3. The standard InChI is InChI=1S/C51H42N4O6.C51H42N4O4S2.H2/c2*1-5-8-11-14-17-20-23-26-33-45(57)41-54(40-44(4)56)38-31-29-36-48-50(60)53-49(51(61)52-48)37-30-32-39-55(42-46(58)34-27-24-21-18-15-12-9-6-2)43-47(59)35-28-25-22-19-16-13-10-7-3;/h2*1-3,44-49,56-59H,29-32,36-43H2,4H3,(H,52,61)(H,53,60);1H/i;;1+1. The van der Waals surface area contributed by atoms with Gasteiger partial charge in [-0.15, -0.1) is 38.5 Å². The summed E-state index contributed by atoms with van der Waals surface area (Å²) in [4.78, 5) is 34.7. The number of aliphatic hydroxyl groups excluding tert-OH is 8. The second-order valence-corrected chi connectivity index (χ2v) is 25.9. The summed E-state index contributed by atoms with van der Waals surface area (Å²) < 4.78 is 0. The number of terminal acetylenes is 6. The number of amides is 2. The van der Waals surface area contributed by atoms with Crippen LogP contribution in [0.25, 0.3) is 0 Å². The fourth-order valence-corrected chi connectivity index (χ4v) is 10.9. The second-order valence-electron chi connectivity index (χ2n) is 25.0. The van der Waals surface area contributed by atoms with Crippen molar-refractivity contribution in [1.82, 2.24) is 40.9 Å². The molecule has 122 heavy (non-hydrogen) atoms. The maximum absolute atomic E-state index is 13.0. The van der Waals surface area contributed by atoms with Gasteiger partial charge in [0.25, 0.3) is 0 Å². The molecule has 606 valence electrons. The van der Waals surface area contributed by atoms with Crippen molar-refractivity contribution in [2.24, 2.45) is 0 Å². The molecule has 0 aromatic rings. The first kappa shape index (κ1) is 105. The highest BCUT2D eigenvalue weighted by Crippen LogP contribution is 2.16. The molecule has 2 fully saturated rings. The molecule has 0 aromatic heterocycles. The van der Waals surface area contributed by atoms with Gasteiger partial charge in [0.1, 0.15) is 48.7 Å². The van der Waals surface area contributed by atoms with Crippen LogP contribution in [0.15, 0.2) is 0 Å². The van der Waals surface area contributed by atoms with Gasteiger partial charge in [-0.25, -0.2) is 0 Å². The lowest BCUT2D eigenvalue weighted by Crippen LogP contribution is -2.61. The smallest absolute Gasteiger partial charge is 0.243 e. The Labute approximate surface area is 735 Å². The zero-order valence-electron chi connectivity index (χ0n) is 67.4. The highest BCUT2D eigenvalue weighted by Gasteiger charge is 2.33. The van der Waals surface area contributed by atoms with Gasteiger partial charge in [-0.3, -0.25) is 29.2 Å². The highest BCUT2D eigenvalue weighted by atomic mass is 32.1. The zero-order chi connectivity index (χ0) is 89.5. The van der Waals surface area contributed by atoms with E-state index in [1.165, 1.54) is 0 Å². The largest absolute Gasteiger partial charge is 0.392 e. The number of nitrogens with one attached hydrogen (secondary N) is 4. The van der Waals surface area contributed by atoms with Crippen LogP contribution < -0.4 is 21.3 Å². The molecule has 0 radical (unpaired) electrons. The molecule has 12 unspecified atom stereocenters. The predicted molar refractivity (Wildman–Crippen MR) is 485 cm³/mol. The Bertz CT molecular complexity index is 5110. The Balaban J connectivity index is 0.00000240. The Morgan fingerprint density at radius 3 is 0.607 bits per heavy atom. The second kappa shape index (κ2) is 72.5. The lowest BCUT2D eigenvalue weighted by atomic mass is 10.0. The minimum atomic E-state index is -1.12. The first-order valence-corrected chi connectivity index (χ1v) is 38.3. The summed E-state index contributed by atoms with van der Waals surface area (Å²) in [5, 5.41) is 95.5. The summed E-state index contributed by atoms with van der Waals surface area (Å²) in [7, 11) is 0. The van der Waals surface area contributed by atoms with Gasteiger partial charge in [-0.1, -0.05) is 60.0 Å². The topological polar surface area (TPSA) is 257 Å². The monoisotopic (exact) mass is 1650 g/mol. The Hall–Kier alpha value is -15.0. The van der Waals surface area contributed by atoms with Crippen molar-refractivity contribution in [1.29, 1.82) is 0 Å². The molecule has 2 saturated heterocycles. The number of piperazine rings is 2. The van der Waals surface area contributed by atoms with Crippen molar-refractivity contribution >= 4 is 46.2 Å². The Morgan fingerprint density at radius 2 is 0.426 bits per heavy atom. The quantitative estimate of drug-likeness (QED) is 0.0193. The van der Waals surface area contributed by atoms with Gasteiger partial charge in [0.05, 0.1) is 34.3 Å². The van der Waals surface area contributed by atoms with Crippen LogP contribution in [0.1, 0.15) is 92.3 Å². The van der Waals surface area contributed by atoms with E-state index < -0.39 is 60.9 Å². The van der Waals surface area contributed by atoms with E-state index in [2.05, 4.69) is 341 Å². The van der Waals surface area contributed by atoms with Gasteiger partial charge < -0.3 is 62.1 Å². The van der Waals surface area contributed by atoms with Gasteiger partial charge in [0, 0.05) is 53.8 Å². The molecule has 2 aliphatic heterocycles. The van der Waals surface area contributed by atoms with Gasteiger partial charge >= 0.3 is 0 Å². The summed E-state index contributed by atoms with van der Waals surface area (Å²) in [6, 6.07) is -1.66. The van der Waals surface area contributed by atoms with Gasteiger partial charge in [0.2, 0.25) is 11.8 Å². The molecule has 2 heterocycles. The van der Waals surface area contributed by atoms with Crippen LogP contribution in [0, 0.1) is 358 Å². The number of aliphatic hydroxyl groups is 8. The van der Waals surface area contributed by atoms with Gasteiger partial charge in [-0.2, -0.15) is 0 Å². The zero-order valence-corrected chi connectivity index (χ0v) is 69.0. The SMILES string of the molecule is C#CC#CC#CC#CC#CC(O)CN(CCCCC1NC(=O)C(CCCCN(CC(O)C#CC#CC#CC#CC#C)CC(O)C#CC#CC#CC#CC#C)NC1=O)CC(C)O.C#CC#CC#CC#CC#CC(O)CN(CCCCC1NC(=S)C(CCCCN(CC(O)C#CC#CC#CC#CC#C)CC(O)C#CC#CC#CC#CC#C)NC1=S)CC(C)O.[2HH]. The molecule has 0 bridgehead atoms. The van der Waals surface area contributed by atoms with E-state index in [0.29, 0.717) is 101 Å². The molecule has 0 aliphatic carbocycles. The van der Waals surface area contributed by atoms with E-state index in [0.717, 1.165) is 25.7 Å².